The van der Waals surface area contributed by atoms with Gasteiger partial charge in [-0.1, -0.05) is 24.3 Å². The van der Waals surface area contributed by atoms with Crippen molar-refractivity contribution >= 4 is 5.97 Å². The van der Waals surface area contributed by atoms with Crippen LogP contribution in [0.4, 0.5) is 4.39 Å². The number of hydrogen-bond acceptors (Lipinski definition) is 5. The van der Waals surface area contributed by atoms with Crippen molar-refractivity contribution < 1.29 is 18.7 Å². The largest absolute Gasteiger partial charge is 0.494 e. The van der Waals surface area contributed by atoms with E-state index in [9.17, 15) is 9.18 Å². The maximum Gasteiger partial charge on any atom is 0.361 e. The Hall–Kier alpha value is -3.22. The van der Waals surface area contributed by atoms with Gasteiger partial charge in [-0.25, -0.2) is 9.18 Å². The van der Waals surface area contributed by atoms with Crippen LogP contribution in [-0.4, -0.2) is 28.1 Å². The third-order valence-electron chi connectivity index (χ3n) is 3.55. The predicted molar refractivity (Wildman–Crippen MR) is 88.2 cm³/mol. The quantitative estimate of drug-likeness (QED) is 0.667. The second-order valence-electron chi connectivity index (χ2n) is 5.30. The molecule has 1 heterocycles. The Morgan fingerprint density at radius 1 is 1.16 bits per heavy atom. The zero-order valence-corrected chi connectivity index (χ0v) is 13.8. The molecule has 3 rings (SSSR count). The minimum absolute atomic E-state index is 0.0720. The van der Waals surface area contributed by atoms with Crippen molar-refractivity contribution in [3.8, 4) is 11.4 Å². The van der Waals surface area contributed by atoms with E-state index in [0.717, 1.165) is 5.69 Å². The van der Waals surface area contributed by atoms with Gasteiger partial charge in [0.25, 0.3) is 0 Å². The molecule has 0 spiro atoms. The minimum atomic E-state index is -0.615. The van der Waals surface area contributed by atoms with Crippen LogP contribution in [0.25, 0.3) is 5.69 Å². The number of para-hydroxylation sites is 1. The van der Waals surface area contributed by atoms with Gasteiger partial charge < -0.3 is 9.47 Å². The van der Waals surface area contributed by atoms with Gasteiger partial charge in [0.1, 0.15) is 6.61 Å². The highest BCUT2D eigenvalue weighted by Gasteiger charge is 2.18. The molecule has 1 aromatic heterocycles. The van der Waals surface area contributed by atoms with Crippen LogP contribution in [0.5, 0.6) is 5.75 Å². The first-order chi connectivity index (χ1) is 12.1. The standard InChI is InChI=1S/C18H16FN3O3/c1-12-17(21-22(20-12)14-6-4-3-5-7-14)18(23)25-11-13-8-9-16(24-2)15(19)10-13/h3-10H,11H2,1-2H3. The van der Waals surface area contributed by atoms with Crippen LogP contribution in [0, 0.1) is 12.7 Å². The molecule has 0 radical (unpaired) electrons. The smallest absolute Gasteiger partial charge is 0.361 e. The summed E-state index contributed by atoms with van der Waals surface area (Å²) in [7, 11) is 1.39. The summed E-state index contributed by atoms with van der Waals surface area (Å²) in [4.78, 5) is 13.6. The fraction of sp³-hybridized carbons (Fsp3) is 0.167. The topological polar surface area (TPSA) is 66.2 Å². The molecule has 6 nitrogen and oxygen atoms in total. The molecule has 25 heavy (non-hydrogen) atoms. The molecular weight excluding hydrogens is 325 g/mol. The Balaban J connectivity index is 1.71. The third-order valence-corrected chi connectivity index (χ3v) is 3.55. The second-order valence-corrected chi connectivity index (χ2v) is 5.30. The van der Waals surface area contributed by atoms with Gasteiger partial charge in [-0.15, -0.1) is 5.10 Å². The molecule has 0 amide bonds. The molecule has 0 atom stereocenters. The number of hydrogen-bond donors (Lipinski definition) is 0. The summed E-state index contributed by atoms with van der Waals surface area (Å²) < 4.78 is 23.7. The monoisotopic (exact) mass is 341 g/mol. The Labute approximate surface area is 143 Å². The van der Waals surface area contributed by atoms with E-state index < -0.39 is 11.8 Å². The van der Waals surface area contributed by atoms with E-state index in [4.69, 9.17) is 9.47 Å². The molecular formula is C18H16FN3O3. The van der Waals surface area contributed by atoms with Crippen molar-refractivity contribution in [1.29, 1.82) is 0 Å². The average molecular weight is 341 g/mol. The number of aryl methyl sites for hydroxylation is 1. The van der Waals surface area contributed by atoms with Crippen molar-refractivity contribution in [1.82, 2.24) is 15.0 Å². The summed E-state index contributed by atoms with van der Waals surface area (Å²) >= 11 is 0. The van der Waals surface area contributed by atoms with Crippen molar-refractivity contribution in [3.05, 3.63) is 71.3 Å². The molecule has 0 saturated carbocycles. The van der Waals surface area contributed by atoms with Gasteiger partial charge in [0, 0.05) is 0 Å². The SMILES string of the molecule is COc1ccc(COC(=O)c2nn(-c3ccccc3)nc2C)cc1F. The lowest BCUT2D eigenvalue weighted by Gasteiger charge is -2.06. The maximum atomic E-state index is 13.7. The highest BCUT2D eigenvalue weighted by atomic mass is 19.1. The Bertz CT molecular complexity index is 894. The molecule has 0 aliphatic carbocycles. The van der Waals surface area contributed by atoms with E-state index in [1.54, 1.807) is 13.0 Å². The van der Waals surface area contributed by atoms with Gasteiger partial charge in [0.05, 0.1) is 18.5 Å². The first-order valence-electron chi connectivity index (χ1n) is 7.57. The normalized spacial score (nSPS) is 10.5. The number of rotatable bonds is 5. The number of methoxy groups -OCH3 is 1. The van der Waals surface area contributed by atoms with Gasteiger partial charge >= 0.3 is 5.97 Å². The van der Waals surface area contributed by atoms with Crippen molar-refractivity contribution in [2.24, 2.45) is 0 Å². The Kier molecular flexibility index (Phi) is 4.74. The van der Waals surface area contributed by atoms with Crippen molar-refractivity contribution in [2.75, 3.05) is 7.11 Å². The lowest BCUT2D eigenvalue weighted by molar-refractivity contribution is 0.0464. The molecule has 7 heteroatoms. The van der Waals surface area contributed by atoms with Crippen LogP contribution in [0.2, 0.25) is 0 Å². The van der Waals surface area contributed by atoms with E-state index >= 15 is 0 Å². The highest BCUT2D eigenvalue weighted by molar-refractivity contribution is 5.88. The van der Waals surface area contributed by atoms with E-state index in [2.05, 4.69) is 10.2 Å². The molecule has 128 valence electrons. The molecule has 0 N–H and O–H groups in total. The first-order valence-corrected chi connectivity index (χ1v) is 7.57. The van der Waals surface area contributed by atoms with Gasteiger partial charge in [0.2, 0.25) is 0 Å². The molecule has 0 aliphatic rings. The number of halogens is 1. The third kappa shape index (κ3) is 3.65. The molecule has 0 unspecified atom stereocenters. The number of carbonyl (C=O) groups is 1. The number of ether oxygens (including phenoxy) is 2. The molecule has 0 saturated heterocycles. The van der Waals surface area contributed by atoms with Crippen LogP contribution in [0.1, 0.15) is 21.7 Å². The van der Waals surface area contributed by atoms with Crippen molar-refractivity contribution in [3.63, 3.8) is 0 Å². The van der Waals surface area contributed by atoms with Gasteiger partial charge in [0.15, 0.2) is 17.3 Å². The zero-order valence-electron chi connectivity index (χ0n) is 13.8. The van der Waals surface area contributed by atoms with E-state index in [0.29, 0.717) is 11.3 Å². The molecule has 0 aliphatic heterocycles. The Morgan fingerprint density at radius 3 is 2.60 bits per heavy atom. The van der Waals surface area contributed by atoms with Gasteiger partial charge in [-0.3, -0.25) is 0 Å². The van der Waals surface area contributed by atoms with Crippen LogP contribution < -0.4 is 4.74 Å². The lowest BCUT2D eigenvalue weighted by Crippen LogP contribution is -2.08. The van der Waals surface area contributed by atoms with Crippen molar-refractivity contribution in [2.45, 2.75) is 13.5 Å². The van der Waals surface area contributed by atoms with E-state index in [-0.39, 0.29) is 18.1 Å². The second kappa shape index (κ2) is 7.12. The fourth-order valence-electron chi connectivity index (χ4n) is 2.26. The van der Waals surface area contributed by atoms with Gasteiger partial charge in [-0.2, -0.15) is 9.90 Å². The minimum Gasteiger partial charge on any atom is -0.494 e. The number of nitrogens with zero attached hydrogens (tertiary/aromatic N) is 3. The van der Waals surface area contributed by atoms with Crippen LogP contribution in [-0.2, 0) is 11.3 Å². The summed E-state index contributed by atoms with van der Waals surface area (Å²) in [5.74, 6) is -0.991. The first kappa shape index (κ1) is 16.6. The molecule has 3 aromatic rings. The van der Waals surface area contributed by atoms with Crippen LogP contribution in [0.3, 0.4) is 0 Å². The van der Waals surface area contributed by atoms with Crippen LogP contribution in [0.15, 0.2) is 48.5 Å². The molecule has 0 fully saturated rings. The number of carbonyl (C=O) groups excluding carboxylic acids is 1. The van der Waals surface area contributed by atoms with Gasteiger partial charge in [-0.05, 0) is 36.8 Å². The Morgan fingerprint density at radius 2 is 1.92 bits per heavy atom. The predicted octanol–water partition coefficient (Wildman–Crippen LogP) is 3.08. The van der Waals surface area contributed by atoms with Crippen LogP contribution >= 0.6 is 0 Å². The zero-order chi connectivity index (χ0) is 17.8. The molecule has 2 aromatic carbocycles. The summed E-state index contributed by atoms with van der Waals surface area (Å²) in [5, 5.41) is 8.40. The summed E-state index contributed by atoms with van der Waals surface area (Å²) in [6, 6.07) is 13.6. The maximum absolute atomic E-state index is 13.7. The fourth-order valence-corrected chi connectivity index (χ4v) is 2.26. The summed E-state index contributed by atoms with van der Waals surface area (Å²) in [6.07, 6.45) is 0. The van der Waals surface area contributed by atoms with E-state index in [1.165, 1.54) is 24.0 Å². The number of aromatic nitrogens is 3. The van der Waals surface area contributed by atoms with E-state index in [1.807, 2.05) is 30.3 Å². The highest BCUT2D eigenvalue weighted by Crippen LogP contribution is 2.18. The lowest BCUT2D eigenvalue weighted by atomic mass is 10.2. The summed E-state index contributed by atoms with van der Waals surface area (Å²) in [5.41, 5.74) is 1.83. The average Bonchev–Trinajstić information content (AvgIpc) is 3.02. The number of esters is 1. The molecule has 0 bridgehead atoms. The number of benzene rings is 2. The summed E-state index contributed by atoms with van der Waals surface area (Å²) in [6.45, 7) is 1.60.